The van der Waals surface area contributed by atoms with Crippen LogP contribution in [0.25, 0.3) is 0 Å². The van der Waals surface area contributed by atoms with E-state index in [2.05, 4.69) is 20.6 Å². The number of rotatable bonds is 6. The predicted molar refractivity (Wildman–Crippen MR) is 115 cm³/mol. The number of aliphatic imine (C=N–C) groups is 1. The van der Waals surface area contributed by atoms with Gasteiger partial charge in [0.25, 0.3) is 5.91 Å². The van der Waals surface area contributed by atoms with Gasteiger partial charge in [-0.1, -0.05) is 6.07 Å². The first kappa shape index (κ1) is 21.6. The molecule has 0 bridgehead atoms. The number of hydrogen-bond acceptors (Lipinski definition) is 5. The number of pyridine rings is 1. The molecule has 0 aliphatic heterocycles. The smallest absolute Gasteiger partial charge is 0.338 e. The SMILES string of the molecule is CCOC(=O)c1ccc(NC(=NCc2ccncc2)NC(=O)c2cccc(F)c2)cc1. The van der Waals surface area contributed by atoms with Crippen molar-refractivity contribution in [3.05, 3.63) is 95.6 Å². The maximum Gasteiger partial charge on any atom is 0.338 e. The van der Waals surface area contributed by atoms with Crippen LogP contribution in [-0.4, -0.2) is 29.4 Å². The summed E-state index contributed by atoms with van der Waals surface area (Å²) in [5, 5.41) is 5.68. The zero-order chi connectivity index (χ0) is 22.1. The molecule has 7 nitrogen and oxygen atoms in total. The molecule has 3 rings (SSSR count). The van der Waals surface area contributed by atoms with Gasteiger partial charge in [0.05, 0.1) is 18.7 Å². The van der Waals surface area contributed by atoms with E-state index < -0.39 is 17.7 Å². The number of aromatic nitrogens is 1. The topological polar surface area (TPSA) is 92.7 Å². The molecule has 158 valence electrons. The van der Waals surface area contributed by atoms with Gasteiger partial charge in [-0.25, -0.2) is 14.2 Å². The van der Waals surface area contributed by atoms with Gasteiger partial charge in [-0.15, -0.1) is 0 Å². The number of amides is 1. The summed E-state index contributed by atoms with van der Waals surface area (Å²) in [5.74, 6) is -1.26. The predicted octanol–water partition coefficient (Wildman–Crippen LogP) is 3.80. The van der Waals surface area contributed by atoms with Crippen LogP contribution in [0.3, 0.4) is 0 Å². The number of guanidine groups is 1. The van der Waals surface area contributed by atoms with Crippen molar-refractivity contribution in [1.82, 2.24) is 10.3 Å². The van der Waals surface area contributed by atoms with Gasteiger partial charge in [0, 0.05) is 23.6 Å². The Morgan fingerprint density at radius 2 is 1.77 bits per heavy atom. The molecule has 1 amide bonds. The van der Waals surface area contributed by atoms with E-state index in [1.54, 1.807) is 43.6 Å². The van der Waals surface area contributed by atoms with Crippen molar-refractivity contribution in [2.75, 3.05) is 11.9 Å². The van der Waals surface area contributed by atoms with Crippen molar-refractivity contribution in [3.63, 3.8) is 0 Å². The molecule has 1 aromatic heterocycles. The number of benzene rings is 2. The van der Waals surface area contributed by atoms with E-state index >= 15 is 0 Å². The summed E-state index contributed by atoms with van der Waals surface area (Å²) in [5.41, 5.74) is 2.07. The highest BCUT2D eigenvalue weighted by Crippen LogP contribution is 2.11. The average molecular weight is 420 g/mol. The first-order valence-corrected chi connectivity index (χ1v) is 9.59. The fourth-order valence-electron chi connectivity index (χ4n) is 2.62. The zero-order valence-corrected chi connectivity index (χ0v) is 16.8. The molecule has 0 fully saturated rings. The van der Waals surface area contributed by atoms with Crippen molar-refractivity contribution in [3.8, 4) is 0 Å². The molecular weight excluding hydrogens is 399 g/mol. The molecule has 0 aliphatic carbocycles. The van der Waals surface area contributed by atoms with Crippen LogP contribution < -0.4 is 10.6 Å². The van der Waals surface area contributed by atoms with Crippen molar-refractivity contribution < 1.29 is 18.7 Å². The number of ether oxygens (including phenoxy) is 1. The molecule has 0 saturated heterocycles. The molecule has 8 heteroatoms. The lowest BCUT2D eigenvalue weighted by Gasteiger charge is -2.12. The van der Waals surface area contributed by atoms with Gasteiger partial charge >= 0.3 is 5.97 Å². The van der Waals surface area contributed by atoms with Crippen LogP contribution in [0.2, 0.25) is 0 Å². The highest BCUT2D eigenvalue weighted by Gasteiger charge is 2.11. The van der Waals surface area contributed by atoms with Gasteiger partial charge in [0.15, 0.2) is 0 Å². The second kappa shape index (κ2) is 10.6. The van der Waals surface area contributed by atoms with Crippen LogP contribution in [0.15, 0.2) is 78.0 Å². The number of esters is 1. The van der Waals surface area contributed by atoms with Gasteiger partial charge in [-0.3, -0.25) is 15.1 Å². The Hall–Kier alpha value is -4.07. The molecule has 3 aromatic rings. The first-order chi connectivity index (χ1) is 15.0. The van der Waals surface area contributed by atoms with E-state index in [9.17, 15) is 14.0 Å². The van der Waals surface area contributed by atoms with E-state index in [-0.39, 0.29) is 24.7 Å². The Kier molecular flexibility index (Phi) is 7.42. The van der Waals surface area contributed by atoms with Gasteiger partial charge in [-0.2, -0.15) is 0 Å². The molecule has 0 saturated carbocycles. The Morgan fingerprint density at radius 3 is 2.45 bits per heavy atom. The summed E-state index contributed by atoms with van der Waals surface area (Å²) in [6.45, 7) is 2.31. The third-order valence-corrected chi connectivity index (χ3v) is 4.15. The molecular formula is C23H21FN4O3. The van der Waals surface area contributed by atoms with Crippen molar-refractivity contribution >= 4 is 23.5 Å². The van der Waals surface area contributed by atoms with E-state index in [1.807, 2.05) is 12.1 Å². The lowest BCUT2D eigenvalue weighted by Crippen LogP contribution is -2.36. The number of nitrogens with one attached hydrogen (secondary N) is 2. The fourth-order valence-corrected chi connectivity index (χ4v) is 2.62. The summed E-state index contributed by atoms with van der Waals surface area (Å²) in [6, 6.07) is 15.5. The highest BCUT2D eigenvalue weighted by molar-refractivity contribution is 6.10. The largest absolute Gasteiger partial charge is 0.462 e. The van der Waals surface area contributed by atoms with Crippen LogP contribution >= 0.6 is 0 Å². The molecule has 0 atom stereocenters. The van der Waals surface area contributed by atoms with E-state index in [0.717, 1.165) is 11.6 Å². The Morgan fingerprint density at radius 1 is 1.03 bits per heavy atom. The minimum Gasteiger partial charge on any atom is -0.462 e. The Labute approximate surface area is 179 Å². The monoisotopic (exact) mass is 420 g/mol. The number of carbonyl (C=O) groups is 2. The van der Waals surface area contributed by atoms with Gasteiger partial charge in [0.2, 0.25) is 5.96 Å². The zero-order valence-electron chi connectivity index (χ0n) is 16.8. The third kappa shape index (κ3) is 6.46. The van der Waals surface area contributed by atoms with Crippen molar-refractivity contribution in [1.29, 1.82) is 0 Å². The summed E-state index contributed by atoms with van der Waals surface area (Å²) in [7, 11) is 0. The summed E-state index contributed by atoms with van der Waals surface area (Å²) in [4.78, 5) is 32.8. The van der Waals surface area contributed by atoms with Gasteiger partial charge < -0.3 is 10.1 Å². The van der Waals surface area contributed by atoms with Crippen LogP contribution in [0.1, 0.15) is 33.2 Å². The van der Waals surface area contributed by atoms with E-state index in [1.165, 1.54) is 18.2 Å². The van der Waals surface area contributed by atoms with Gasteiger partial charge in [0.1, 0.15) is 5.82 Å². The van der Waals surface area contributed by atoms with Crippen LogP contribution in [0, 0.1) is 5.82 Å². The molecule has 0 unspecified atom stereocenters. The fraction of sp³-hybridized carbons (Fsp3) is 0.130. The molecule has 0 radical (unpaired) electrons. The van der Waals surface area contributed by atoms with E-state index in [0.29, 0.717) is 11.3 Å². The lowest BCUT2D eigenvalue weighted by atomic mass is 10.2. The molecule has 0 spiro atoms. The maximum absolute atomic E-state index is 13.5. The average Bonchev–Trinajstić information content (AvgIpc) is 2.79. The lowest BCUT2D eigenvalue weighted by molar-refractivity contribution is 0.0526. The van der Waals surface area contributed by atoms with Gasteiger partial charge in [-0.05, 0) is 67.1 Å². The molecule has 0 aliphatic rings. The molecule has 1 heterocycles. The standard InChI is InChI=1S/C23H21FN4O3/c1-2-31-22(30)17-6-8-20(9-7-17)27-23(26-15-16-10-12-25-13-11-16)28-21(29)18-4-3-5-19(24)14-18/h3-14H,2,15H2,1H3,(H2,26,27,28,29). The third-order valence-electron chi connectivity index (χ3n) is 4.15. The molecule has 31 heavy (non-hydrogen) atoms. The number of nitrogens with zero attached hydrogens (tertiary/aromatic N) is 2. The summed E-state index contributed by atoms with van der Waals surface area (Å²) >= 11 is 0. The Balaban J connectivity index is 1.78. The highest BCUT2D eigenvalue weighted by atomic mass is 19.1. The van der Waals surface area contributed by atoms with E-state index in [4.69, 9.17) is 4.74 Å². The summed E-state index contributed by atoms with van der Waals surface area (Å²) in [6.07, 6.45) is 3.30. The van der Waals surface area contributed by atoms with Crippen molar-refractivity contribution in [2.45, 2.75) is 13.5 Å². The second-order valence-corrected chi connectivity index (χ2v) is 6.41. The van der Waals surface area contributed by atoms with Crippen LogP contribution in [0.5, 0.6) is 0 Å². The number of carbonyl (C=O) groups excluding carboxylic acids is 2. The number of hydrogen-bond donors (Lipinski definition) is 2. The molecule has 2 N–H and O–H groups in total. The van der Waals surface area contributed by atoms with Crippen LogP contribution in [-0.2, 0) is 11.3 Å². The maximum atomic E-state index is 13.5. The molecule has 2 aromatic carbocycles. The Bertz CT molecular complexity index is 1070. The quantitative estimate of drug-likeness (QED) is 0.360. The summed E-state index contributed by atoms with van der Waals surface area (Å²) < 4.78 is 18.4. The minimum absolute atomic E-state index is 0.163. The number of halogens is 1. The van der Waals surface area contributed by atoms with Crippen LogP contribution in [0.4, 0.5) is 10.1 Å². The second-order valence-electron chi connectivity index (χ2n) is 6.41. The normalized spacial score (nSPS) is 11.0. The number of anilines is 1. The first-order valence-electron chi connectivity index (χ1n) is 9.59. The minimum atomic E-state index is -0.511. The van der Waals surface area contributed by atoms with Crippen molar-refractivity contribution in [2.24, 2.45) is 4.99 Å².